The number of nitrogens with zero attached hydrogens (tertiary/aromatic N) is 1. The second-order valence-electron chi connectivity index (χ2n) is 5.50. The number of rotatable bonds is 8. The molecule has 0 saturated carbocycles. The van der Waals surface area contributed by atoms with E-state index >= 15 is 0 Å². The first kappa shape index (κ1) is 17.7. The van der Waals surface area contributed by atoms with Gasteiger partial charge in [0.25, 0.3) is 0 Å². The van der Waals surface area contributed by atoms with E-state index in [4.69, 9.17) is 5.11 Å². The van der Waals surface area contributed by atoms with Crippen molar-refractivity contribution in [3.63, 3.8) is 0 Å². The van der Waals surface area contributed by atoms with Crippen LogP contribution in [0.5, 0.6) is 0 Å². The number of β-lactam (4-membered cyclic amide) rings is 1. The summed E-state index contributed by atoms with van der Waals surface area (Å²) in [6, 6.07) is -0.0959. The Balaban J connectivity index is 2.03. The Kier molecular flexibility index (Phi) is 5.61. The molecule has 3 atom stereocenters. The highest BCUT2D eigenvalue weighted by Gasteiger charge is 2.54. The molecule has 2 aliphatic heterocycles. The molecule has 1 fully saturated rings. The number of carbonyl (C=O) groups excluding carboxylic acids is 2. The minimum Gasteiger partial charge on any atom is -0.477 e. The van der Waals surface area contributed by atoms with Crippen LogP contribution in [0.1, 0.15) is 26.2 Å². The lowest BCUT2D eigenvalue weighted by Crippen LogP contribution is -2.58. The lowest BCUT2D eigenvalue weighted by atomic mass is 9.85. The van der Waals surface area contributed by atoms with Gasteiger partial charge in [0.15, 0.2) is 5.78 Å². The molecular weight excluding hydrogens is 322 g/mol. The molecule has 0 spiro atoms. The summed E-state index contributed by atoms with van der Waals surface area (Å²) < 4.78 is 0. The van der Waals surface area contributed by atoms with E-state index in [2.05, 4.69) is 0 Å². The van der Waals surface area contributed by atoms with E-state index < -0.39 is 18.7 Å². The number of aliphatic hydroxyl groups excluding tert-OH is 2. The topological polar surface area (TPSA) is 115 Å². The molecule has 1 amide bonds. The zero-order chi connectivity index (χ0) is 17.1. The third kappa shape index (κ3) is 3.49. The highest BCUT2D eigenvalue weighted by Crippen LogP contribution is 2.47. The average Bonchev–Trinajstić information content (AvgIpc) is 2.82. The molecule has 1 saturated heterocycles. The van der Waals surface area contributed by atoms with Crippen LogP contribution in [0, 0.1) is 5.92 Å². The summed E-state index contributed by atoms with van der Waals surface area (Å²) in [5.74, 6) is -1.79. The zero-order valence-corrected chi connectivity index (χ0v) is 13.5. The number of hydrogen-bond acceptors (Lipinski definition) is 6. The fraction of sp³-hybridized carbons (Fsp3) is 0.533. The molecule has 2 unspecified atom stereocenters. The predicted molar refractivity (Wildman–Crippen MR) is 83.1 cm³/mol. The normalized spacial score (nSPS) is 24.8. The molecule has 0 aromatic carbocycles. The van der Waals surface area contributed by atoms with E-state index in [9.17, 15) is 24.6 Å². The summed E-state index contributed by atoms with van der Waals surface area (Å²) in [6.45, 7) is 1.41. The number of carbonyl (C=O) groups is 3. The van der Waals surface area contributed by atoms with E-state index in [1.807, 2.05) is 6.92 Å². The van der Waals surface area contributed by atoms with E-state index in [1.165, 1.54) is 16.4 Å². The lowest BCUT2D eigenvalue weighted by Gasteiger charge is -2.42. The van der Waals surface area contributed by atoms with Crippen molar-refractivity contribution < 1.29 is 29.7 Å². The molecule has 0 radical (unpaired) electrons. The first-order valence-corrected chi connectivity index (χ1v) is 8.23. The van der Waals surface area contributed by atoms with Gasteiger partial charge in [0, 0.05) is 17.7 Å². The van der Waals surface area contributed by atoms with Gasteiger partial charge in [-0.25, -0.2) is 4.79 Å². The number of fused-ring (bicyclic) bond motifs is 1. The maximum atomic E-state index is 12.0. The Morgan fingerprint density at radius 1 is 1.48 bits per heavy atom. The van der Waals surface area contributed by atoms with Crippen LogP contribution in [0.2, 0.25) is 0 Å². The van der Waals surface area contributed by atoms with Gasteiger partial charge < -0.3 is 20.2 Å². The minimum atomic E-state index is -1.15. The number of allylic oxidation sites excluding steroid dienone is 1. The monoisotopic (exact) mass is 341 g/mol. The van der Waals surface area contributed by atoms with Crippen LogP contribution in [-0.4, -0.2) is 56.6 Å². The average molecular weight is 341 g/mol. The largest absolute Gasteiger partial charge is 0.477 e. The Bertz CT molecular complexity index is 585. The van der Waals surface area contributed by atoms with Gasteiger partial charge in [0.2, 0.25) is 5.91 Å². The van der Waals surface area contributed by atoms with Crippen molar-refractivity contribution in [1.82, 2.24) is 4.90 Å². The molecule has 7 nitrogen and oxygen atoms in total. The summed E-state index contributed by atoms with van der Waals surface area (Å²) >= 11 is 1.10. The standard InChI is InChI=1S/C15H19NO6S/c1-2-10-11-6-12(13(15(21)22)16(11)14(10)20)23-4-3-8(18)5-9(19)7-17/h3-4,9-11,17,19H,2,5-7H2,1H3,(H,21,22)/b4-3+/t9-,10?,11?/m1/s1. The van der Waals surface area contributed by atoms with Crippen LogP contribution in [0.4, 0.5) is 0 Å². The Morgan fingerprint density at radius 2 is 2.17 bits per heavy atom. The summed E-state index contributed by atoms with van der Waals surface area (Å²) in [5, 5.41) is 28.6. The number of carboxylic acids is 1. The fourth-order valence-corrected chi connectivity index (χ4v) is 3.81. The molecule has 2 rings (SSSR count). The molecule has 8 heteroatoms. The molecule has 0 bridgehead atoms. The number of aliphatic hydroxyl groups is 2. The zero-order valence-electron chi connectivity index (χ0n) is 12.6. The van der Waals surface area contributed by atoms with Gasteiger partial charge in [-0.1, -0.05) is 18.7 Å². The van der Waals surface area contributed by atoms with E-state index in [-0.39, 0.29) is 35.8 Å². The van der Waals surface area contributed by atoms with Gasteiger partial charge in [-0.15, -0.1) is 0 Å². The number of thioether (sulfide) groups is 1. The minimum absolute atomic E-state index is 0.00203. The van der Waals surface area contributed by atoms with Crippen LogP contribution >= 0.6 is 11.8 Å². The van der Waals surface area contributed by atoms with Gasteiger partial charge in [-0.2, -0.15) is 0 Å². The summed E-state index contributed by atoms with van der Waals surface area (Å²) in [6.07, 6.45) is 1.11. The molecule has 3 N–H and O–H groups in total. The van der Waals surface area contributed by atoms with Crippen molar-refractivity contribution >= 4 is 29.4 Å². The lowest BCUT2D eigenvalue weighted by molar-refractivity contribution is -0.155. The molecule has 2 aliphatic rings. The third-order valence-electron chi connectivity index (χ3n) is 4.00. The van der Waals surface area contributed by atoms with Gasteiger partial charge in [-0.3, -0.25) is 9.59 Å². The maximum absolute atomic E-state index is 12.0. The number of aliphatic carboxylic acids is 1. The van der Waals surface area contributed by atoms with E-state index in [1.54, 1.807) is 0 Å². The summed E-state index contributed by atoms with van der Waals surface area (Å²) in [7, 11) is 0. The van der Waals surface area contributed by atoms with Crippen LogP contribution in [-0.2, 0) is 14.4 Å². The van der Waals surface area contributed by atoms with Crippen molar-refractivity contribution in [2.75, 3.05) is 6.61 Å². The molecule has 0 aromatic heterocycles. The predicted octanol–water partition coefficient (Wildman–Crippen LogP) is 0.483. The third-order valence-corrected chi connectivity index (χ3v) is 4.92. The van der Waals surface area contributed by atoms with Crippen molar-refractivity contribution in [3.8, 4) is 0 Å². The molecule has 126 valence electrons. The van der Waals surface area contributed by atoms with Crippen molar-refractivity contribution in [1.29, 1.82) is 0 Å². The van der Waals surface area contributed by atoms with Crippen LogP contribution in [0.25, 0.3) is 0 Å². The van der Waals surface area contributed by atoms with E-state index in [0.29, 0.717) is 17.7 Å². The summed E-state index contributed by atoms with van der Waals surface area (Å²) in [5.41, 5.74) is 0.00203. The van der Waals surface area contributed by atoms with Gasteiger partial charge in [-0.05, 0) is 17.9 Å². The smallest absolute Gasteiger partial charge is 0.353 e. The Labute approximate surface area is 137 Å². The second kappa shape index (κ2) is 7.29. The number of hydrogen-bond donors (Lipinski definition) is 3. The van der Waals surface area contributed by atoms with E-state index in [0.717, 1.165) is 11.8 Å². The second-order valence-corrected chi connectivity index (χ2v) is 6.50. The van der Waals surface area contributed by atoms with Crippen molar-refractivity contribution in [2.45, 2.75) is 38.3 Å². The quantitative estimate of drug-likeness (QED) is 0.434. The van der Waals surface area contributed by atoms with Crippen LogP contribution in [0.3, 0.4) is 0 Å². The highest BCUT2D eigenvalue weighted by atomic mass is 32.2. The van der Waals surface area contributed by atoms with Crippen LogP contribution < -0.4 is 0 Å². The van der Waals surface area contributed by atoms with Gasteiger partial charge in [0.1, 0.15) is 5.70 Å². The number of amides is 1. The summed E-state index contributed by atoms with van der Waals surface area (Å²) in [4.78, 5) is 36.8. The van der Waals surface area contributed by atoms with Gasteiger partial charge in [0.05, 0.1) is 24.7 Å². The highest BCUT2D eigenvalue weighted by molar-refractivity contribution is 8.05. The Hall–Kier alpha value is -1.64. The van der Waals surface area contributed by atoms with Crippen LogP contribution in [0.15, 0.2) is 22.1 Å². The molecular formula is C15H19NO6S. The van der Waals surface area contributed by atoms with Crippen molar-refractivity contribution in [2.24, 2.45) is 5.92 Å². The number of carboxylic acid groups (broad SMARTS) is 1. The van der Waals surface area contributed by atoms with Crippen molar-refractivity contribution in [3.05, 3.63) is 22.1 Å². The molecule has 2 heterocycles. The fourth-order valence-electron chi connectivity index (χ4n) is 2.86. The number of ketones is 1. The molecule has 0 aromatic rings. The molecule has 0 aliphatic carbocycles. The molecule has 23 heavy (non-hydrogen) atoms. The Morgan fingerprint density at radius 3 is 2.74 bits per heavy atom. The first-order chi connectivity index (χ1) is 10.9. The maximum Gasteiger partial charge on any atom is 0.353 e. The first-order valence-electron chi connectivity index (χ1n) is 7.35. The van der Waals surface area contributed by atoms with Gasteiger partial charge >= 0.3 is 5.97 Å². The SMILES string of the molecule is CCC1C(=O)N2C(C(=O)O)=C(S/C=C/C(=O)C[C@@H](O)CO)CC12.